The number of piperidine rings is 1. The molecular weight excluding hydrogens is 330 g/mol. The van der Waals surface area contributed by atoms with Gasteiger partial charge in [0.25, 0.3) is 0 Å². The SMILES string of the molecule is CN(C)CCOc1ccc(CN2CC[C@H]3OCc4cnnn4[C@@H]3C2)cc1. The van der Waals surface area contributed by atoms with Crippen molar-refractivity contribution in [2.75, 3.05) is 40.3 Å². The van der Waals surface area contributed by atoms with Gasteiger partial charge in [-0.1, -0.05) is 17.3 Å². The fourth-order valence-electron chi connectivity index (χ4n) is 3.68. The zero-order valence-corrected chi connectivity index (χ0v) is 15.5. The van der Waals surface area contributed by atoms with Gasteiger partial charge >= 0.3 is 0 Å². The van der Waals surface area contributed by atoms with E-state index in [1.807, 2.05) is 6.20 Å². The second-order valence-corrected chi connectivity index (χ2v) is 7.41. The van der Waals surface area contributed by atoms with Gasteiger partial charge < -0.3 is 14.4 Å². The van der Waals surface area contributed by atoms with Crippen LogP contribution in [-0.4, -0.2) is 71.2 Å². The van der Waals surface area contributed by atoms with Crippen molar-refractivity contribution < 1.29 is 9.47 Å². The maximum absolute atomic E-state index is 5.99. The molecule has 0 radical (unpaired) electrons. The molecule has 3 heterocycles. The van der Waals surface area contributed by atoms with Crippen LogP contribution < -0.4 is 4.74 Å². The lowest BCUT2D eigenvalue weighted by Gasteiger charge is -2.41. The number of likely N-dealkylation sites (N-methyl/N-ethyl adjacent to an activating group) is 1. The van der Waals surface area contributed by atoms with Crippen molar-refractivity contribution in [2.45, 2.75) is 31.7 Å². The molecule has 7 heteroatoms. The minimum absolute atomic E-state index is 0.257. The van der Waals surface area contributed by atoms with Gasteiger partial charge in [-0.05, 0) is 38.2 Å². The molecule has 140 valence electrons. The van der Waals surface area contributed by atoms with Gasteiger partial charge in [0.1, 0.15) is 12.4 Å². The van der Waals surface area contributed by atoms with Crippen LogP contribution >= 0.6 is 0 Å². The first-order valence-corrected chi connectivity index (χ1v) is 9.28. The van der Waals surface area contributed by atoms with E-state index in [0.29, 0.717) is 13.2 Å². The number of likely N-dealkylation sites (tertiary alicyclic amines) is 1. The molecule has 2 aliphatic rings. The Morgan fingerprint density at radius 3 is 2.92 bits per heavy atom. The molecule has 2 aromatic rings. The Balaban J connectivity index is 1.34. The zero-order chi connectivity index (χ0) is 17.9. The van der Waals surface area contributed by atoms with Crippen molar-refractivity contribution in [1.82, 2.24) is 24.8 Å². The summed E-state index contributed by atoms with van der Waals surface area (Å²) in [6.45, 7) is 5.19. The van der Waals surface area contributed by atoms with E-state index in [-0.39, 0.29) is 12.1 Å². The fraction of sp³-hybridized carbons (Fsp3) is 0.579. The number of hydrogen-bond acceptors (Lipinski definition) is 6. The number of ether oxygens (including phenoxy) is 2. The highest BCUT2D eigenvalue weighted by Gasteiger charge is 2.36. The highest BCUT2D eigenvalue weighted by Crippen LogP contribution is 2.30. The van der Waals surface area contributed by atoms with Crippen molar-refractivity contribution in [3.05, 3.63) is 41.7 Å². The van der Waals surface area contributed by atoms with Gasteiger partial charge in [-0.2, -0.15) is 0 Å². The molecule has 0 spiro atoms. The Morgan fingerprint density at radius 1 is 1.27 bits per heavy atom. The maximum atomic E-state index is 5.99. The number of benzene rings is 1. The van der Waals surface area contributed by atoms with E-state index in [0.717, 1.165) is 44.0 Å². The second-order valence-electron chi connectivity index (χ2n) is 7.41. The standard InChI is InChI=1S/C19H27N5O2/c1-22(2)9-10-25-17-5-3-15(4-6-17)12-23-8-7-19-18(13-23)24-16(14-26-19)11-20-21-24/h3-6,11,18-19H,7-10,12-14H2,1-2H3/t18-,19-/m1/s1. The molecule has 4 rings (SSSR count). The molecule has 0 amide bonds. The molecule has 2 aliphatic heterocycles. The second kappa shape index (κ2) is 7.73. The molecule has 0 bridgehead atoms. The van der Waals surface area contributed by atoms with Crippen LogP contribution in [0.5, 0.6) is 5.75 Å². The predicted molar refractivity (Wildman–Crippen MR) is 98.0 cm³/mol. The Hall–Kier alpha value is -1.96. The summed E-state index contributed by atoms with van der Waals surface area (Å²) in [5.41, 5.74) is 2.38. The summed E-state index contributed by atoms with van der Waals surface area (Å²) in [4.78, 5) is 4.59. The maximum Gasteiger partial charge on any atom is 0.119 e. The molecule has 1 aromatic carbocycles. The van der Waals surface area contributed by atoms with Gasteiger partial charge in [0.15, 0.2) is 0 Å². The Morgan fingerprint density at radius 2 is 2.12 bits per heavy atom. The molecule has 1 saturated heterocycles. The number of hydrogen-bond donors (Lipinski definition) is 0. The average Bonchev–Trinajstić information content (AvgIpc) is 3.12. The average molecular weight is 357 g/mol. The third-order valence-corrected chi connectivity index (χ3v) is 5.15. The lowest BCUT2D eigenvalue weighted by Crippen LogP contribution is -2.47. The number of fused-ring (bicyclic) bond motifs is 3. The fourth-order valence-corrected chi connectivity index (χ4v) is 3.68. The summed E-state index contributed by atoms with van der Waals surface area (Å²) < 4.78 is 13.8. The first kappa shape index (κ1) is 17.5. The van der Waals surface area contributed by atoms with E-state index in [2.05, 4.69) is 63.2 Å². The van der Waals surface area contributed by atoms with Gasteiger partial charge in [-0.15, -0.1) is 5.10 Å². The van der Waals surface area contributed by atoms with Crippen molar-refractivity contribution in [2.24, 2.45) is 0 Å². The lowest BCUT2D eigenvalue weighted by molar-refractivity contribution is -0.0669. The number of nitrogens with zero attached hydrogens (tertiary/aromatic N) is 5. The van der Waals surface area contributed by atoms with Gasteiger partial charge in [0.2, 0.25) is 0 Å². The molecule has 0 unspecified atom stereocenters. The topological polar surface area (TPSA) is 55.6 Å². The molecule has 0 saturated carbocycles. The quantitative estimate of drug-likeness (QED) is 0.782. The summed E-state index contributed by atoms with van der Waals surface area (Å²) in [6.07, 6.45) is 3.10. The summed E-state index contributed by atoms with van der Waals surface area (Å²) in [5.74, 6) is 0.933. The van der Waals surface area contributed by atoms with Crippen LogP contribution in [0.3, 0.4) is 0 Å². The van der Waals surface area contributed by atoms with Crippen LogP contribution in [0.15, 0.2) is 30.5 Å². The minimum atomic E-state index is 0.257. The highest BCUT2D eigenvalue weighted by atomic mass is 16.5. The van der Waals surface area contributed by atoms with E-state index < -0.39 is 0 Å². The third-order valence-electron chi connectivity index (χ3n) is 5.15. The van der Waals surface area contributed by atoms with Crippen molar-refractivity contribution in [3.8, 4) is 5.75 Å². The van der Waals surface area contributed by atoms with Crippen molar-refractivity contribution in [3.63, 3.8) is 0 Å². The van der Waals surface area contributed by atoms with Gasteiger partial charge in [0.05, 0.1) is 30.6 Å². The first-order valence-electron chi connectivity index (χ1n) is 9.28. The molecular formula is C19H27N5O2. The third kappa shape index (κ3) is 3.90. The lowest BCUT2D eigenvalue weighted by atomic mass is 10.00. The van der Waals surface area contributed by atoms with E-state index in [1.165, 1.54) is 5.56 Å². The highest BCUT2D eigenvalue weighted by molar-refractivity contribution is 5.27. The van der Waals surface area contributed by atoms with E-state index in [4.69, 9.17) is 9.47 Å². The Kier molecular flexibility index (Phi) is 5.19. The Bertz CT molecular complexity index is 715. The molecule has 1 fully saturated rings. The largest absolute Gasteiger partial charge is 0.492 e. The van der Waals surface area contributed by atoms with Crippen molar-refractivity contribution in [1.29, 1.82) is 0 Å². The molecule has 0 N–H and O–H groups in total. The van der Waals surface area contributed by atoms with Crippen LogP contribution in [0.2, 0.25) is 0 Å². The Labute approximate surface area is 154 Å². The van der Waals surface area contributed by atoms with E-state index in [9.17, 15) is 0 Å². The summed E-state index contributed by atoms with van der Waals surface area (Å²) >= 11 is 0. The van der Waals surface area contributed by atoms with E-state index in [1.54, 1.807) is 0 Å². The molecule has 0 aliphatic carbocycles. The van der Waals surface area contributed by atoms with Gasteiger partial charge in [-0.3, -0.25) is 4.90 Å². The number of aromatic nitrogens is 3. The van der Waals surface area contributed by atoms with E-state index >= 15 is 0 Å². The minimum Gasteiger partial charge on any atom is -0.492 e. The molecule has 7 nitrogen and oxygen atoms in total. The number of rotatable bonds is 6. The zero-order valence-electron chi connectivity index (χ0n) is 15.5. The van der Waals surface area contributed by atoms with Crippen LogP contribution in [0.4, 0.5) is 0 Å². The monoisotopic (exact) mass is 357 g/mol. The first-order chi connectivity index (χ1) is 12.7. The van der Waals surface area contributed by atoms with Gasteiger partial charge in [-0.25, -0.2) is 4.68 Å². The van der Waals surface area contributed by atoms with Crippen molar-refractivity contribution >= 4 is 0 Å². The normalized spacial score (nSPS) is 22.9. The van der Waals surface area contributed by atoms with Crippen LogP contribution in [0.1, 0.15) is 23.7 Å². The molecule has 2 atom stereocenters. The van der Waals surface area contributed by atoms with Crippen LogP contribution in [-0.2, 0) is 17.9 Å². The summed E-state index contributed by atoms with van der Waals surface area (Å²) in [7, 11) is 4.10. The van der Waals surface area contributed by atoms with Crippen LogP contribution in [0, 0.1) is 0 Å². The molecule has 26 heavy (non-hydrogen) atoms. The predicted octanol–water partition coefficient (Wildman–Crippen LogP) is 1.56. The molecule has 1 aromatic heterocycles. The van der Waals surface area contributed by atoms with Gasteiger partial charge in [0, 0.05) is 26.2 Å². The van der Waals surface area contributed by atoms with Crippen LogP contribution in [0.25, 0.3) is 0 Å². The smallest absolute Gasteiger partial charge is 0.119 e. The summed E-state index contributed by atoms with van der Waals surface area (Å²) in [6, 6.07) is 8.72. The summed E-state index contributed by atoms with van der Waals surface area (Å²) in [5, 5.41) is 8.32.